The molecule has 0 radical (unpaired) electrons. The monoisotopic (exact) mass is 314 g/mol. The van der Waals surface area contributed by atoms with Gasteiger partial charge in [0.1, 0.15) is 5.75 Å². The summed E-state index contributed by atoms with van der Waals surface area (Å²) >= 11 is 0. The minimum atomic E-state index is -5.70. The highest BCUT2D eigenvalue weighted by Crippen LogP contribution is 2.41. The van der Waals surface area contributed by atoms with Crippen LogP contribution in [0.15, 0.2) is 24.3 Å². The minimum Gasteiger partial charge on any atom is -0.491 e. The Balaban J connectivity index is 3.16. The number of ether oxygens (including phenoxy) is 1. The lowest BCUT2D eigenvalue weighted by atomic mass is 9.96. The highest BCUT2D eigenvalue weighted by atomic mass is 19.4. The molecule has 0 fully saturated rings. The molecule has 0 spiro atoms. The van der Waals surface area contributed by atoms with Crippen LogP contribution in [0.25, 0.3) is 0 Å². The van der Waals surface area contributed by atoms with Crippen LogP contribution in [0.4, 0.5) is 26.3 Å². The van der Waals surface area contributed by atoms with Crippen LogP contribution in [0.5, 0.6) is 5.75 Å². The predicted molar refractivity (Wildman–Crippen MR) is 62.1 cm³/mol. The quantitative estimate of drug-likeness (QED) is 0.608. The number of Topliss-reactive ketones (excluding diaryl/α,β-unsaturated/α-hetero) is 1. The summed E-state index contributed by atoms with van der Waals surface area (Å²) in [6.07, 6.45) is -11.7. The van der Waals surface area contributed by atoms with Gasteiger partial charge in [-0.3, -0.25) is 4.79 Å². The molecule has 8 heteroatoms. The Hall–Kier alpha value is -1.73. The molecule has 1 aromatic rings. The summed E-state index contributed by atoms with van der Waals surface area (Å²) < 4.78 is 80.1. The van der Waals surface area contributed by atoms with Crippen molar-refractivity contribution in [2.75, 3.05) is 0 Å². The number of ketones is 1. The van der Waals surface area contributed by atoms with Gasteiger partial charge in [0.05, 0.1) is 6.10 Å². The maximum Gasteiger partial charge on any atom is 0.407 e. The standard InChI is InChI=1S/C13H12F6O2/c1-7(2)21-9-5-3-4-8(6-9)10(20)11(12(14,15)16)13(17,18)19/h3-7,11H,1-2H3. The second kappa shape index (κ2) is 5.95. The van der Waals surface area contributed by atoms with E-state index >= 15 is 0 Å². The second-order valence-corrected chi connectivity index (χ2v) is 4.57. The van der Waals surface area contributed by atoms with Crippen LogP contribution in [0.2, 0.25) is 0 Å². The molecule has 0 saturated carbocycles. The SMILES string of the molecule is CC(C)Oc1cccc(C(=O)C(C(F)(F)F)C(F)(F)F)c1. The first-order valence-electron chi connectivity index (χ1n) is 5.87. The van der Waals surface area contributed by atoms with Gasteiger partial charge in [0, 0.05) is 5.56 Å². The molecule has 1 aromatic carbocycles. The predicted octanol–water partition coefficient (Wildman–Crippen LogP) is 4.40. The summed E-state index contributed by atoms with van der Waals surface area (Å²) in [4.78, 5) is 11.6. The summed E-state index contributed by atoms with van der Waals surface area (Å²) in [5.74, 6) is -6.07. The Labute approximate surface area is 116 Å². The first kappa shape index (κ1) is 17.3. The fourth-order valence-corrected chi connectivity index (χ4v) is 1.64. The molecule has 0 amide bonds. The number of alkyl halides is 6. The van der Waals surface area contributed by atoms with Crippen molar-refractivity contribution in [3.8, 4) is 5.75 Å². The molecule has 0 aromatic heterocycles. The van der Waals surface area contributed by atoms with Gasteiger partial charge in [-0.2, -0.15) is 26.3 Å². The minimum absolute atomic E-state index is 0.0268. The first-order valence-corrected chi connectivity index (χ1v) is 5.87. The average molecular weight is 314 g/mol. The maximum atomic E-state index is 12.5. The molecular formula is C13H12F6O2. The van der Waals surface area contributed by atoms with Crippen molar-refractivity contribution in [1.29, 1.82) is 0 Å². The van der Waals surface area contributed by atoms with Crippen molar-refractivity contribution in [2.45, 2.75) is 32.3 Å². The average Bonchev–Trinajstić information content (AvgIpc) is 2.24. The van der Waals surface area contributed by atoms with E-state index in [1.54, 1.807) is 13.8 Å². The third-order valence-electron chi connectivity index (χ3n) is 2.41. The van der Waals surface area contributed by atoms with Crippen LogP contribution >= 0.6 is 0 Å². The summed E-state index contributed by atoms with van der Waals surface area (Å²) in [6, 6.07) is 4.26. The summed E-state index contributed by atoms with van der Waals surface area (Å²) in [5.41, 5.74) is -0.701. The van der Waals surface area contributed by atoms with Crippen LogP contribution in [0, 0.1) is 5.92 Å². The number of benzene rings is 1. The lowest BCUT2D eigenvalue weighted by molar-refractivity contribution is -0.264. The van der Waals surface area contributed by atoms with E-state index in [0.29, 0.717) is 0 Å². The summed E-state index contributed by atoms with van der Waals surface area (Å²) in [7, 11) is 0. The van der Waals surface area contributed by atoms with Crippen molar-refractivity contribution < 1.29 is 35.9 Å². The fourth-order valence-electron chi connectivity index (χ4n) is 1.64. The van der Waals surface area contributed by atoms with Crippen LogP contribution < -0.4 is 4.74 Å². The van der Waals surface area contributed by atoms with Gasteiger partial charge in [-0.25, -0.2) is 0 Å². The van der Waals surface area contributed by atoms with E-state index in [9.17, 15) is 31.1 Å². The largest absolute Gasteiger partial charge is 0.491 e. The van der Waals surface area contributed by atoms with E-state index in [1.807, 2.05) is 0 Å². The van der Waals surface area contributed by atoms with Crippen LogP contribution in [0.1, 0.15) is 24.2 Å². The van der Waals surface area contributed by atoms with Crippen molar-refractivity contribution >= 4 is 5.78 Å². The van der Waals surface area contributed by atoms with Gasteiger partial charge in [-0.05, 0) is 26.0 Å². The first-order chi connectivity index (χ1) is 9.43. The van der Waals surface area contributed by atoms with Crippen molar-refractivity contribution in [3.63, 3.8) is 0 Å². The number of carbonyl (C=O) groups is 1. The Morgan fingerprint density at radius 3 is 2.00 bits per heavy atom. The molecular weight excluding hydrogens is 302 g/mol. The molecule has 0 aliphatic carbocycles. The van der Waals surface area contributed by atoms with E-state index in [4.69, 9.17) is 4.74 Å². The highest BCUT2D eigenvalue weighted by molar-refractivity contribution is 5.99. The van der Waals surface area contributed by atoms with E-state index in [2.05, 4.69) is 0 Å². The molecule has 0 saturated heterocycles. The zero-order valence-electron chi connectivity index (χ0n) is 11.0. The molecule has 2 nitrogen and oxygen atoms in total. The zero-order chi connectivity index (χ0) is 16.4. The molecule has 0 unspecified atom stereocenters. The van der Waals surface area contributed by atoms with Gasteiger partial charge in [0.15, 0.2) is 5.78 Å². The summed E-state index contributed by atoms with van der Waals surface area (Å²) in [6.45, 7) is 3.26. The van der Waals surface area contributed by atoms with E-state index < -0.39 is 29.6 Å². The normalized spacial score (nSPS) is 12.9. The topological polar surface area (TPSA) is 26.3 Å². The Bertz CT molecular complexity index is 490. The Morgan fingerprint density at radius 2 is 1.57 bits per heavy atom. The van der Waals surface area contributed by atoms with E-state index in [0.717, 1.165) is 18.2 Å². The molecule has 0 bridgehead atoms. The van der Waals surface area contributed by atoms with E-state index in [1.165, 1.54) is 6.07 Å². The lowest BCUT2D eigenvalue weighted by Gasteiger charge is -2.22. The van der Waals surface area contributed by atoms with Crippen LogP contribution in [0.3, 0.4) is 0 Å². The van der Waals surface area contributed by atoms with Crippen LogP contribution in [-0.4, -0.2) is 24.2 Å². The number of hydrogen-bond donors (Lipinski definition) is 0. The Kier molecular flexibility index (Phi) is 4.91. The number of carbonyl (C=O) groups excluding carboxylic acids is 1. The molecule has 0 heterocycles. The van der Waals surface area contributed by atoms with Crippen molar-refractivity contribution in [3.05, 3.63) is 29.8 Å². The van der Waals surface area contributed by atoms with Gasteiger partial charge >= 0.3 is 12.4 Å². The molecule has 0 aliphatic heterocycles. The Morgan fingerprint density at radius 1 is 1.05 bits per heavy atom. The zero-order valence-corrected chi connectivity index (χ0v) is 11.0. The van der Waals surface area contributed by atoms with Gasteiger partial charge in [0.2, 0.25) is 5.92 Å². The van der Waals surface area contributed by atoms with Gasteiger partial charge in [-0.1, -0.05) is 12.1 Å². The van der Waals surface area contributed by atoms with Gasteiger partial charge < -0.3 is 4.74 Å². The molecule has 21 heavy (non-hydrogen) atoms. The second-order valence-electron chi connectivity index (χ2n) is 4.57. The lowest BCUT2D eigenvalue weighted by Crippen LogP contribution is -2.42. The van der Waals surface area contributed by atoms with E-state index in [-0.39, 0.29) is 11.9 Å². The van der Waals surface area contributed by atoms with Gasteiger partial charge in [0.25, 0.3) is 0 Å². The molecule has 0 N–H and O–H groups in total. The number of hydrogen-bond acceptors (Lipinski definition) is 2. The van der Waals surface area contributed by atoms with Crippen molar-refractivity contribution in [1.82, 2.24) is 0 Å². The van der Waals surface area contributed by atoms with Crippen molar-refractivity contribution in [2.24, 2.45) is 5.92 Å². The molecule has 118 valence electrons. The number of rotatable bonds is 4. The molecule has 0 atom stereocenters. The van der Waals surface area contributed by atoms with Gasteiger partial charge in [-0.15, -0.1) is 0 Å². The van der Waals surface area contributed by atoms with Crippen LogP contribution in [-0.2, 0) is 0 Å². The molecule has 0 aliphatic rings. The third kappa shape index (κ3) is 4.64. The maximum absolute atomic E-state index is 12.5. The summed E-state index contributed by atoms with van der Waals surface area (Å²) in [5, 5.41) is 0. The molecule has 1 rings (SSSR count). The number of halogens is 6. The fraction of sp³-hybridized carbons (Fsp3) is 0.462. The third-order valence-corrected chi connectivity index (χ3v) is 2.41. The smallest absolute Gasteiger partial charge is 0.407 e. The highest BCUT2D eigenvalue weighted by Gasteiger charge is 2.60.